The van der Waals surface area contributed by atoms with E-state index in [1.165, 1.54) is 30.6 Å². The Morgan fingerprint density at radius 1 is 1.38 bits per heavy atom. The minimum absolute atomic E-state index is 0.0404. The Morgan fingerprint density at radius 3 is 2.81 bits per heavy atom. The van der Waals surface area contributed by atoms with E-state index in [0.29, 0.717) is 18.0 Å². The summed E-state index contributed by atoms with van der Waals surface area (Å²) in [5, 5.41) is 3.86. The van der Waals surface area contributed by atoms with Crippen molar-refractivity contribution in [2.45, 2.75) is 57.8 Å². The predicted octanol–water partition coefficient (Wildman–Crippen LogP) is 2.57. The van der Waals surface area contributed by atoms with Gasteiger partial charge in [-0.2, -0.15) is 0 Å². The number of ether oxygens (including phenoxy) is 2. The lowest BCUT2D eigenvalue weighted by atomic mass is 9.94. The fraction of sp³-hybridized carbons (Fsp3) is 0.733. The normalized spacial score (nSPS) is 24.4. The predicted molar refractivity (Wildman–Crippen MR) is 80.6 cm³/mol. The molecule has 1 saturated carbocycles. The van der Waals surface area contributed by atoms with Crippen LogP contribution >= 0.6 is 11.3 Å². The van der Waals surface area contributed by atoms with Crippen LogP contribution in [0.5, 0.6) is 0 Å². The molecule has 1 atom stereocenters. The second-order valence-corrected chi connectivity index (χ2v) is 7.08. The number of amides is 1. The van der Waals surface area contributed by atoms with Gasteiger partial charge in [-0.3, -0.25) is 4.79 Å². The lowest BCUT2D eigenvalue weighted by Gasteiger charge is -2.31. The van der Waals surface area contributed by atoms with Gasteiger partial charge in [0, 0.05) is 19.4 Å². The van der Waals surface area contributed by atoms with Gasteiger partial charge in [0.25, 0.3) is 5.91 Å². The van der Waals surface area contributed by atoms with E-state index in [0.717, 1.165) is 23.5 Å². The molecular weight excluding hydrogens is 288 g/mol. The maximum Gasteiger partial charge on any atom is 0.263 e. The molecule has 1 aliphatic carbocycles. The number of aryl methyl sites for hydroxylation is 2. The third kappa shape index (κ3) is 3.27. The summed E-state index contributed by atoms with van der Waals surface area (Å²) in [6.45, 7) is 4.85. The maximum absolute atomic E-state index is 12.2. The van der Waals surface area contributed by atoms with Gasteiger partial charge in [0.05, 0.1) is 17.3 Å². The van der Waals surface area contributed by atoms with Crippen LogP contribution in [0.3, 0.4) is 0 Å². The lowest BCUT2D eigenvalue weighted by molar-refractivity contribution is -0.186. The van der Waals surface area contributed by atoms with Crippen LogP contribution < -0.4 is 5.32 Å². The SMILES string of the molecule is Cc1nc(C)c(C(=O)NCC2COC3(CCCCC3)O2)s1. The highest BCUT2D eigenvalue weighted by atomic mass is 32.1. The van der Waals surface area contributed by atoms with E-state index in [1.807, 2.05) is 13.8 Å². The number of thiazole rings is 1. The topological polar surface area (TPSA) is 60.5 Å². The van der Waals surface area contributed by atoms with Crippen LogP contribution in [0.2, 0.25) is 0 Å². The Hall–Kier alpha value is -0.980. The molecule has 21 heavy (non-hydrogen) atoms. The molecule has 116 valence electrons. The van der Waals surface area contributed by atoms with E-state index < -0.39 is 0 Å². The van der Waals surface area contributed by atoms with Gasteiger partial charge >= 0.3 is 0 Å². The Bertz CT molecular complexity index is 523. The third-order valence-corrected chi connectivity index (χ3v) is 5.20. The van der Waals surface area contributed by atoms with Gasteiger partial charge in [0.2, 0.25) is 0 Å². The van der Waals surface area contributed by atoms with Gasteiger partial charge in [-0.1, -0.05) is 6.42 Å². The molecule has 5 nitrogen and oxygen atoms in total. The zero-order valence-electron chi connectivity index (χ0n) is 12.6. The van der Waals surface area contributed by atoms with E-state index in [4.69, 9.17) is 9.47 Å². The molecule has 6 heteroatoms. The van der Waals surface area contributed by atoms with Crippen molar-refractivity contribution in [1.29, 1.82) is 0 Å². The molecule has 3 rings (SSSR count). The van der Waals surface area contributed by atoms with E-state index in [2.05, 4.69) is 10.3 Å². The van der Waals surface area contributed by atoms with Gasteiger partial charge < -0.3 is 14.8 Å². The molecule has 1 saturated heterocycles. The summed E-state index contributed by atoms with van der Waals surface area (Å²) in [6, 6.07) is 0. The molecule has 1 aromatic rings. The second-order valence-electron chi connectivity index (χ2n) is 5.88. The molecule has 2 aliphatic rings. The summed E-state index contributed by atoms with van der Waals surface area (Å²) < 4.78 is 11.9. The minimum Gasteiger partial charge on any atom is -0.349 e. The minimum atomic E-state index is -0.370. The Kier molecular flexibility index (Phi) is 4.28. The van der Waals surface area contributed by atoms with Gasteiger partial charge in [0.1, 0.15) is 11.0 Å². The van der Waals surface area contributed by atoms with E-state index in [9.17, 15) is 4.79 Å². The molecule has 2 heterocycles. The van der Waals surface area contributed by atoms with E-state index in [-0.39, 0.29) is 17.8 Å². The van der Waals surface area contributed by atoms with Gasteiger partial charge in [-0.15, -0.1) is 11.3 Å². The molecule has 1 spiro atoms. The summed E-state index contributed by atoms with van der Waals surface area (Å²) in [5.41, 5.74) is 0.794. The first-order valence-corrected chi connectivity index (χ1v) is 8.44. The Labute approximate surface area is 129 Å². The maximum atomic E-state index is 12.2. The van der Waals surface area contributed by atoms with Crippen molar-refractivity contribution in [2.75, 3.05) is 13.2 Å². The lowest BCUT2D eigenvalue weighted by Crippen LogP contribution is -2.37. The first-order chi connectivity index (χ1) is 10.1. The fourth-order valence-corrected chi connectivity index (χ4v) is 3.93. The second kappa shape index (κ2) is 6.02. The standard InChI is InChI=1S/C15H22N2O3S/c1-10-13(21-11(2)17-10)14(18)16-8-12-9-19-15(20-12)6-4-3-5-7-15/h12H,3-9H2,1-2H3,(H,16,18). The number of rotatable bonds is 3. The van der Waals surface area contributed by atoms with Crippen LogP contribution in [0.25, 0.3) is 0 Å². The summed E-state index contributed by atoms with van der Waals surface area (Å²) in [7, 11) is 0. The Morgan fingerprint density at radius 2 is 2.14 bits per heavy atom. The molecule has 1 amide bonds. The summed E-state index contributed by atoms with van der Waals surface area (Å²) >= 11 is 1.43. The van der Waals surface area contributed by atoms with Crippen molar-refractivity contribution in [3.8, 4) is 0 Å². The zero-order chi connectivity index (χ0) is 14.9. The summed E-state index contributed by atoms with van der Waals surface area (Å²) in [4.78, 5) is 17.1. The molecule has 0 aromatic carbocycles. The average Bonchev–Trinajstić information content (AvgIpc) is 3.01. The highest BCUT2D eigenvalue weighted by Crippen LogP contribution is 2.37. The number of nitrogens with one attached hydrogen (secondary N) is 1. The molecule has 0 bridgehead atoms. The number of carbonyl (C=O) groups is 1. The molecule has 1 aliphatic heterocycles. The van der Waals surface area contributed by atoms with Crippen molar-refractivity contribution in [1.82, 2.24) is 10.3 Å². The van der Waals surface area contributed by atoms with Gasteiger partial charge in [-0.25, -0.2) is 4.98 Å². The third-order valence-electron chi connectivity index (χ3n) is 4.13. The zero-order valence-corrected chi connectivity index (χ0v) is 13.4. The van der Waals surface area contributed by atoms with Crippen LogP contribution in [0, 0.1) is 13.8 Å². The van der Waals surface area contributed by atoms with Crippen LogP contribution in [0.1, 0.15) is 52.5 Å². The first kappa shape index (κ1) is 14.9. The highest BCUT2D eigenvalue weighted by Gasteiger charge is 2.42. The van der Waals surface area contributed by atoms with Crippen LogP contribution in [0.4, 0.5) is 0 Å². The highest BCUT2D eigenvalue weighted by molar-refractivity contribution is 7.13. The van der Waals surface area contributed by atoms with Crippen molar-refractivity contribution in [3.05, 3.63) is 15.6 Å². The van der Waals surface area contributed by atoms with Crippen LogP contribution in [-0.2, 0) is 9.47 Å². The molecule has 2 fully saturated rings. The van der Waals surface area contributed by atoms with Crippen LogP contribution in [0.15, 0.2) is 0 Å². The van der Waals surface area contributed by atoms with Crippen molar-refractivity contribution < 1.29 is 14.3 Å². The summed E-state index contributed by atoms with van der Waals surface area (Å²) in [6.07, 6.45) is 5.51. The first-order valence-electron chi connectivity index (χ1n) is 7.62. The largest absolute Gasteiger partial charge is 0.349 e. The van der Waals surface area contributed by atoms with Gasteiger partial charge in [0.15, 0.2) is 5.79 Å². The molecular formula is C15H22N2O3S. The van der Waals surface area contributed by atoms with Crippen molar-refractivity contribution in [2.24, 2.45) is 0 Å². The molecule has 0 radical (unpaired) electrons. The van der Waals surface area contributed by atoms with Gasteiger partial charge in [-0.05, 0) is 26.7 Å². The quantitative estimate of drug-likeness (QED) is 0.932. The monoisotopic (exact) mass is 310 g/mol. The molecule has 1 aromatic heterocycles. The van der Waals surface area contributed by atoms with E-state index >= 15 is 0 Å². The number of hydrogen-bond acceptors (Lipinski definition) is 5. The van der Waals surface area contributed by atoms with E-state index in [1.54, 1.807) is 0 Å². The number of hydrogen-bond donors (Lipinski definition) is 1. The fourth-order valence-electron chi connectivity index (χ4n) is 3.10. The number of nitrogens with zero attached hydrogens (tertiary/aromatic N) is 1. The smallest absolute Gasteiger partial charge is 0.263 e. The summed E-state index contributed by atoms with van der Waals surface area (Å²) in [5.74, 6) is -0.434. The average molecular weight is 310 g/mol. The molecule has 1 N–H and O–H groups in total. The number of aromatic nitrogens is 1. The Balaban J connectivity index is 1.52. The van der Waals surface area contributed by atoms with Crippen LogP contribution in [-0.4, -0.2) is 35.9 Å². The number of carbonyl (C=O) groups excluding carboxylic acids is 1. The van der Waals surface area contributed by atoms with Crippen molar-refractivity contribution >= 4 is 17.2 Å². The molecule has 1 unspecified atom stereocenters. The van der Waals surface area contributed by atoms with Crippen molar-refractivity contribution in [3.63, 3.8) is 0 Å².